The van der Waals surface area contributed by atoms with Crippen LogP contribution >= 0.6 is 8.00 Å². The molecule has 0 fully saturated rings. The monoisotopic (exact) mass is 234 g/mol. The number of aliphatic carboxylic acids is 1. The summed E-state index contributed by atoms with van der Waals surface area (Å²) in [6, 6.07) is 1.84. The van der Waals surface area contributed by atoms with E-state index in [1.165, 1.54) is 4.90 Å². The first-order chi connectivity index (χ1) is 7.10. The van der Waals surface area contributed by atoms with E-state index in [2.05, 4.69) is 4.52 Å². The highest BCUT2D eigenvalue weighted by molar-refractivity contribution is 7.44. The third kappa shape index (κ3) is 8.00. The van der Waals surface area contributed by atoms with Crippen LogP contribution in [0.3, 0.4) is 0 Å². The summed E-state index contributed by atoms with van der Waals surface area (Å²) in [5, 5.41) is 25.1. The van der Waals surface area contributed by atoms with Gasteiger partial charge in [-0.1, -0.05) is 0 Å². The molecule has 0 aliphatic rings. The summed E-state index contributed by atoms with van der Waals surface area (Å²) >= 11 is 0. The molecule has 84 valence electrons. The average Bonchev–Trinajstić information content (AvgIpc) is 2.13. The van der Waals surface area contributed by atoms with E-state index >= 15 is 0 Å². The quantitative estimate of drug-likeness (QED) is 0.414. The fourth-order valence-electron chi connectivity index (χ4n) is 0.769. The van der Waals surface area contributed by atoms with Gasteiger partial charge < -0.3 is 15.1 Å². The molecule has 0 aromatic carbocycles. The first-order valence-electron chi connectivity index (χ1n) is 3.98. The lowest BCUT2D eigenvalue weighted by Crippen LogP contribution is -2.29. The summed E-state index contributed by atoms with van der Waals surface area (Å²) in [5.74, 6) is -0.0478. The standard InChI is InChI=1S/C7H11N2O5P/c8-2-1-3-9(4-7(11)12)5-15(13)14-6-10/h5,10H,1,3-4,6H2,(H,11,12). The van der Waals surface area contributed by atoms with Gasteiger partial charge in [0.25, 0.3) is 0 Å². The van der Waals surface area contributed by atoms with Crippen LogP contribution < -0.4 is 4.89 Å². The van der Waals surface area contributed by atoms with Crippen LogP contribution in [-0.4, -0.2) is 46.9 Å². The van der Waals surface area contributed by atoms with Crippen LogP contribution in [0.4, 0.5) is 0 Å². The van der Waals surface area contributed by atoms with Gasteiger partial charge in [-0.3, -0.25) is 4.79 Å². The lowest BCUT2D eigenvalue weighted by Gasteiger charge is -2.10. The number of aliphatic hydroxyl groups excluding tert-OH is 1. The van der Waals surface area contributed by atoms with E-state index in [1.807, 2.05) is 6.07 Å². The van der Waals surface area contributed by atoms with E-state index in [4.69, 9.17) is 15.5 Å². The largest absolute Gasteiger partial charge is 0.602 e. The summed E-state index contributed by atoms with van der Waals surface area (Å²) in [6.45, 7) is -0.916. The van der Waals surface area contributed by atoms with Crippen LogP contribution in [0.15, 0.2) is 0 Å². The Morgan fingerprint density at radius 1 is 1.73 bits per heavy atom. The normalized spacial score (nSPS) is 11.5. The third-order valence-corrected chi connectivity index (χ3v) is 2.18. The Morgan fingerprint density at radius 3 is 2.87 bits per heavy atom. The molecule has 0 aromatic heterocycles. The van der Waals surface area contributed by atoms with Crippen molar-refractivity contribution >= 4 is 19.9 Å². The van der Waals surface area contributed by atoms with Crippen LogP contribution in [0.1, 0.15) is 6.42 Å². The molecule has 2 N–H and O–H groups in total. The van der Waals surface area contributed by atoms with Crippen molar-refractivity contribution < 1.29 is 24.4 Å². The summed E-state index contributed by atoms with van der Waals surface area (Å²) in [5.41, 5.74) is 0. The molecule has 0 spiro atoms. The first-order valence-corrected chi connectivity index (χ1v) is 5.22. The Balaban J connectivity index is 4.28. The number of hydrogen-bond acceptors (Lipinski definition) is 5. The van der Waals surface area contributed by atoms with E-state index in [-0.39, 0.29) is 19.5 Å². The molecule has 0 aromatic rings. The van der Waals surface area contributed by atoms with Crippen LogP contribution in [0, 0.1) is 11.3 Å². The molecule has 0 saturated carbocycles. The molecule has 7 nitrogen and oxygen atoms in total. The van der Waals surface area contributed by atoms with Crippen LogP contribution in [0.2, 0.25) is 0 Å². The maximum Gasteiger partial charge on any atom is 0.318 e. The summed E-state index contributed by atoms with van der Waals surface area (Å²) in [6.07, 6.45) is 0.117. The highest BCUT2D eigenvalue weighted by atomic mass is 31.1. The topological polar surface area (TPSA) is 117 Å². The van der Waals surface area contributed by atoms with Gasteiger partial charge in [0.2, 0.25) is 8.00 Å². The fraction of sp³-hybridized carbons (Fsp3) is 0.571. The van der Waals surface area contributed by atoms with Gasteiger partial charge in [-0.25, -0.2) is 4.90 Å². The Kier molecular flexibility index (Phi) is 7.72. The average molecular weight is 234 g/mol. The van der Waals surface area contributed by atoms with E-state index in [9.17, 15) is 9.69 Å². The van der Waals surface area contributed by atoms with Crippen molar-refractivity contribution in [3.63, 3.8) is 0 Å². The molecule has 1 unspecified atom stereocenters. The molecule has 0 aliphatic heterocycles. The zero-order chi connectivity index (χ0) is 11.7. The Morgan fingerprint density at radius 2 is 2.40 bits per heavy atom. The second-order valence-electron chi connectivity index (χ2n) is 2.43. The number of hydrogen-bond donors (Lipinski definition) is 2. The summed E-state index contributed by atoms with van der Waals surface area (Å²) in [4.78, 5) is 22.6. The highest BCUT2D eigenvalue weighted by Gasteiger charge is 2.11. The highest BCUT2D eigenvalue weighted by Crippen LogP contribution is 2.10. The van der Waals surface area contributed by atoms with Crippen molar-refractivity contribution in [1.82, 2.24) is 4.90 Å². The summed E-state index contributed by atoms with van der Waals surface area (Å²) < 4.78 is 4.33. The molecule has 0 saturated heterocycles. The molecule has 0 aliphatic carbocycles. The number of nitriles is 1. The van der Waals surface area contributed by atoms with Gasteiger partial charge in [0.1, 0.15) is 6.54 Å². The first kappa shape index (κ1) is 14.0. The van der Waals surface area contributed by atoms with E-state index in [0.717, 1.165) is 5.92 Å². The predicted molar refractivity (Wildman–Crippen MR) is 50.6 cm³/mol. The molecule has 0 radical (unpaired) electrons. The molecule has 8 heteroatoms. The molecular formula is C7H11N2O5P. The van der Waals surface area contributed by atoms with Crippen LogP contribution in [0.25, 0.3) is 0 Å². The number of nitrogens with zero attached hydrogens (tertiary/aromatic N) is 2. The molecule has 15 heavy (non-hydrogen) atoms. The van der Waals surface area contributed by atoms with Gasteiger partial charge in [-0.15, -0.1) is 0 Å². The van der Waals surface area contributed by atoms with Crippen molar-refractivity contribution in [2.24, 2.45) is 0 Å². The van der Waals surface area contributed by atoms with Gasteiger partial charge in [-0.2, -0.15) is 9.79 Å². The van der Waals surface area contributed by atoms with E-state index < -0.39 is 20.8 Å². The molecule has 0 rings (SSSR count). The van der Waals surface area contributed by atoms with Gasteiger partial charge in [0.05, 0.1) is 6.07 Å². The molecule has 0 bridgehead atoms. The second kappa shape index (κ2) is 8.29. The van der Waals surface area contributed by atoms with Crippen LogP contribution in [0.5, 0.6) is 0 Å². The zero-order valence-corrected chi connectivity index (χ0v) is 8.76. The van der Waals surface area contributed by atoms with Crippen molar-refractivity contribution in [3.8, 4) is 6.07 Å². The van der Waals surface area contributed by atoms with Crippen molar-refractivity contribution in [2.75, 3.05) is 19.9 Å². The minimum Gasteiger partial charge on any atom is -0.602 e. The third-order valence-electron chi connectivity index (χ3n) is 1.29. The number of aliphatic hydroxyl groups is 1. The van der Waals surface area contributed by atoms with Crippen molar-refractivity contribution in [1.29, 1.82) is 5.26 Å². The van der Waals surface area contributed by atoms with Crippen LogP contribution in [-0.2, 0) is 9.32 Å². The van der Waals surface area contributed by atoms with Gasteiger partial charge in [0.15, 0.2) is 12.7 Å². The SMILES string of the molecule is N#CCCN(/C=[P+](\[O-])OCO)CC(=O)O. The van der Waals surface area contributed by atoms with E-state index in [1.54, 1.807) is 0 Å². The lowest BCUT2D eigenvalue weighted by molar-refractivity contribution is -0.177. The maximum absolute atomic E-state index is 11.0. The Bertz CT molecular complexity index is 275. The molecule has 0 heterocycles. The molecule has 1 atom stereocenters. The lowest BCUT2D eigenvalue weighted by atomic mass is 10.4. The predicted octanol–water partition coefficient (Wildman–Crippen LogP) is -1.32. The minimum absolute atomic E-state index is 0.117. The number of carbonyl (C=O) groups is 1. The zero-order valence-electron chi connectivity index (χ0n) is 7.87. The maximum atomic E-state index is 11.0. The van der Waals surface area contributed by atoms with Crippen molar-refractivity contribution in [2.45, 2.75) is 6.42 Å². The number of carboxylic acid groups (broad SMARTS) is 1. The number of carboxylic acids is 1. The van der Waals surface area contributed by atoms with Gasteiger partial charge in [0, 0.05) is 13.0 Å². The van der Waals surface area contributed by atoms with Crippen molar-refractivity contribution in [3.05, 3.63) is 0 Å². The van der Waals surface area contributed by atoms with E-state index in [0.29, 0.717) is 0 Å². The number of rotatable bonds is 7. The minimum atomic E-state index is -2.24. The molecule has 0 amide bonds. The Labute approximate surface area is 87.7 Å². The van der Waals surface area contributed by atoms with Gasteiger partial charge in [-0.05, 0) is 0 Å². The second-order valence-corrected chi connectivity index (χ2v) is 3.49. The Hall–Kier alpha value is -1.03. The smallest absolute Gasteiger partial charge is 0.318 e. The summed E-state index contributed by atoms with van der Waals surface area (Å²) in [7, 11) is -2.24. The van der Waals surface area contributed by atoms with Gasteiger partial charge >= 0.3 is 5.97 Å². The fourth-order valence-corrected chi connectivity index (χ4v) is 1.41. The molecular weight excluding hydrogens is 223 g/mol.